The highest BCUT2D eigenvalue weighted by atomic mass is 35.5. The summed E-state index contributed by atoms with van der Waals surface area (Å²) >= 11 is 0. The third-order valence-corrected chi connectivity index (χ3v) is 4.10. The normalized spacial score (nSPS) is 19.9. The van der Waals surface area contributed by atoms with Crippen molar-refractivity contribution in [3.05, 3.63) is 18.2 Å². The van der Waals surface area contributed by atoms with Crippen LogP contribution in [0.5, 0.6) is 17.2 Å². The van der Waals surface area contributed by atoms with Crippen LogP contribution in [0.3, 0.4) is 0 Å². The second kappa shape index (κ2) is 8.26. The molecule has 23 heavy (non-hydrogen) atoms. The average molecular weight is 344 g/mol. The van der Waals surface area contributed by atoms with Gasteiger partial charge in [-0.2, -0.15) is 0 Å². The average Bonchev–Trinajstić information content (AvgIpc) is 2.99. The van der Waals surface area contributed by atoms with E-state index in [4.69, 9.17) is 14.2 Å². The van der Waals surface area contributed by atoms with Crippen molar-refractivity contribution in [1.29, 1.82) is 0 Å². The van der Waals surface area contributed by atoms with Crippen molar-refractivity contribution in [3.63, 3.8) is 0 Å². The first kappa shape index (κ1) is 17.7. The summed E-state index contributed by atoms with van der Waals surface area (Å²) in [5, 5.41) is 9.23. The smallest absolute Gasteiger partial charge is 0.320 e. The van der Waals surface area contributed by atoms with Crippen LogP contribution in [0.2, 0.25) is 0 Å². The third-order valence-electron chi connectivity index (χ3n) is 4.10. The number of benzene rings is 1. The topological polar surface area (TPSA) is 68.2 Å². The van der Waals surface area contributed by atoms with Gasteiger partial charge in [-0.15, -0.1) is 12.4 Å². The molecule has 0 saturated carbocycles. The van der Waals surface area contributed by atoms with E-state index in [0.29, 0.717) is 12.4 Å². The van der Waals surface area contributed by atoms with Crippen molar-refractivity contribution in [2.75, 3.05) is 26.5 Å². The fraction of sp³-hybridized carbons (Fsp3) is 0.562. The zero-order chi connectivity index (χ0) is 15.4. The van der Waals surface area contributed by atoms with Crippen LogP contribution in [0, 0.1) is 0 Å². The van der Waals surface area contributed by atoms with E-state index in [1.165, 1.54) is 0 Å². The van der Waals surface area contributed by atoms with Crippen molar-refractivity contribution in [2.24, 2.45) is 0 Å². The van der Waals surface area contributed by atoms with Gasteiger partial charge in [0.15, 0.2) is 11.5 Å². The van der Waals surface area contributed by atoms with Crippen LogP contribution in [0.15, 0.2) is 18.2 Å². The maximum atomic E-state index is 11.2. The second-order valence-electron chi connectivity index (χ2n) is 5.60. The number of hydrogen-bond donors (Lipinski definition) is 1. The van der Waals surface area contributed by atoms with Crippen LogP contribution >= 0.6 is 12.4 Å². The van der Waals surface area contributed by atoms with Crippen LogP contribution in [-0.2, 0) is 4.79 Å². The van der Waals surface area contributed by atoms with E-state index in [1.54, 1.807) is 0 Å². The molecule has 0 aromatic heterocycles. The predicted octanol–water partition coefficient (Wildman–Crippen LogP) is 2.55. The minimum atomic E-state index is -0.712. The summed E-state index contributed by atoms with van der Waals surface area (Å²) in [5.74, 6) is 1.48. The molecule has 6 nitrogen and oxygen atoms in total. The predicted molar refractivity (Wildman–Crippen MR) is 86.8 cm³/mol. The van der Waals surface area contributed by atoms with Crippen molar-refractivity contribution < 1.29 is 24.1 Å². The summed E-state index contributed by atoms with van der Waals surface area (Å²) in [6.45, 7) is 2.43. The molecular formula is C16H22ClNO5. The molecule has 0 spiro atoms. The fourth-order valence-corrected chi connectivity index (χ4v) is 2.96. The van der Waals surface area contributed by atoms with Gasteiger partial charge in [0, 0.05) is 12.6 Å². The second-order valence-corrected chi connectivity index (χ2v) is 5.60. The first-order chi connectivity index (χ1) is 10.7. The lowest BCUT2D eigenvalue weighted by Crippen LogP contribution is -2.45. The number of likely N-dealkylation sites (tertiary alicyclic amines) is 1. The van der Waals surface area contributed by atoms with Crippen LogP contribution in [0.25, 0.3) is 0 Å². The molecule has 1 unspecified atom stereocenters. The largest absolute Gasteiger partial charge is 0.493 e. The molecule has 1 fully saturated rings. The maximum Gasteiger partial charge on any atom is 0.320 e. The van der Waals surface area contributed by atoms with E-state index in [1.807, 2.05) is 18.2 Å². The molecule has 0 amide bonds. The summed E-state index contributed by atoms with van der Waals surface area (Å²) in [5.41, 5.74) is 0. The highest BCUT2D eigenvalue weighted by Crippen LogP contribution is 2.35. The number of piperidine rings is 1. The van der Waals surface area contributed by atoms with Crippen molar-refractivity contribution >= 4 is 18.4 Å². The summed E-state index contributed by atoms with van der Waals surface area (Å²) in [7, 11) is 0. The number of carbonyl (C=O) groups is 1. The first-order valence-electron chi connectivity index (χ1n) is 7.73. The summed E-state index contributed by atoms with van der Waals surface area (Å²) in [6, 6.07) is 5.18. The Morgan fingerprint density at radius 3 is 2.96 bits per heavy atom. The van der Waals surface area contributed by atoms with Crippen LogP contribution in [-0.4, -0.2) is 48.5 Å². The minimum Gasteiger partial charge on any atom is -0.493 e. The fourth-order valence-electron chi connectivity index (χ4n) is 2.96. The number of hydrogen-bond acceptors (Lipinski definition) is 5. The molecule has 128 valence electrons. The van der Waals surface area contributed by atoms with E-state index in [0.717, 1.165) is 50.3 Å². The highest BCUT2D eigenvalue weighted by molar-refractivity contribution is 5.85. The van der Waals surface area contributed by atoms with Gasteiger partial charge in [-0.05, 0) is 37.9 Å². The molecule has 1 saturated heterocycles. The van der Waals surface area contributed by atoms with Gasteiger partial charge in [-0.3, -0.25) is 9.69 Å². The molecule has 3 rings (SSSR count). The monoisotopic (exact) mass is 343 g/mol. The van der Waals surface area contributed by atoms with Gasteiger partial charge >= 0.3 is 5.97 Å². The Balaban J connectivity index is 0.00000192. The van der Waals surface area contributed by atoms with Gasteiger partial charge in [-0.25, -0.2) is 0 Å². The van der Waals surface area contributed by atoms with Crippen molar-refractivity contribution in [2.45, 2.75) is 31.7 Å². The molecule has 0 bridgehead atoms. The molecule has 1 aromatic carbocycles. The summed E-state index contributed by atoms with van der Waals surface area (Å²) < 4.78 is 16.3. The molecule has 7 heteroatoms. The maximum absolute atomic E-state index is 11.2. The Bertz CT molecular complexity index is 539. The van der Waals surface area contributed by atoms with Gasteiger partial charge in [-0.1, -0.05) is 6.42 Å². The molecule has 1 atom stereocenters. The van der Waals surface area contributed by atoms with Crippen LogP contribution in [0.4, 0.5) is 0 Å². The van der Waals surface area contributed by atoms with Crippen molar-refractivity contribution in [3.8, 4) is 17.2 Å². The third kappa shape index (κ3) is 4.42. The van der Waals surface area contributed by atoms with Gasteiger partial charge in [0.05, 0.1) is 6.61 Å². The number of ether oxygens (including phenoxy) is 3. The number of carboxylic acid groups (broad SMARTS) is 1. The van der Waals surface area contributed by atoms with Gasteiger partial charge in [0.2, 0.25) is 6.79 Å². The first-order valence-corrected chi connectivity index (χ1v) is 7.73. The molecule has 0 aliphatic carbocycles. The Labute approximate surface area is 141 Å². The molecule has 1 N–H and O–H groups in total. The Kier molecular flexibility index (Phi) is 6.36. The number of fused-ring (bicyclic) bond motifs is 1. The van der Waals surface area contributed by atoms with E-state index in [-0.39, 0.29) is 25.2 Å². The molecule has 2 aliphatic heterocycles. The van der Waals surface area contributed by atoms with Gasteiger partial charge in [0.1, 0.15) is 11.8 Å². The lowest BCUT2D eigenvalue weighted by molar-refractivity contribution is -0.144. The van der Waals surface area contributed by atoms with Crippen LogP contribution in [0.1, 0.15) is 25.7 Å². The van der Waals surface area contributed by atoms with E-state index >= 15 is 0 Å². The molecule has 0 radical (unpaired) electrons. The SMILES string of the molecule is Cl.O=C(O)C1CCCCN1CCCOc1ccc2c(c1)OCO2. The van der Waals surface area contributed by atoms with Gasteiger partial charge in [0.25, 0.3) is 0 Å². The Morgan fingerprint density at radius 1 is 1.30 bits per heavy atom. The summed E-state index contributed by atoms with van der Waals surface area (Å²) in [6.07, 6.45) is 3.63. The number of aliphatic carboxylic acids is 1. The highest BCUT2D eigenvalue weighted by Gasteiger charge is 2.27. The number of halogens is 1. The van der Waals surface area contributed by atoms with Crippen molar-refractivity contribution in [1.82, 2.24) is 4.90 Å². The summed E-state index contributed by atoms with van der Waals surface area (Å²) in [4.78, 5) is 13.3. The zero-order valence-electron chi connectivity index (χ0n) is 12.9. The molecule has 2 heterocycles. The standard InChI is InChI=1S/C16H21NO5.ClH/c18-16(19)13-4-1-2-7-17(13)8-3-9-20-12-5-6-14-15(10-12)22-11-21-14;/h5-6,10,13H,1-4,7-9,11H2,(H,18,19);1H. The lowest BCUT2D eigenvalue weighted by atomic mass is 10.0. The van der Waals surface area contributed by atoms with E-state index in [2.05, 4.69) is 4.90 Å². The van der Waals surface area contributed by atoms with E-state index < -0.39 is 5.97 Å². The Hall–Kier alpha value is -1.66. The number of carboxylic acids is 1. The minimum absolute atomic E-state index is 0. The van der Waals surface area contributed by atoms with Gasteiger partial charge < -0.3 is 19.3 Å². The molecular weight excluding hydrogens is 322 g/mol. The molecule has 2 aliphatic rings. The van der Waals surface area contributed by atoms with E-state index in [9.17, 15) is 9.90 Å². The number of rotatable bonds is 6. The zero-order valence-corrected chi connectivity index (χ0v) is 13.7. The quantitative estimate of drug-likeness (QED) is 0.801. The Morgan fingerprint density at radius 2 is 2.13 bits per heavy atom. The van der Waals surface area contributed by atoms with Crippen LogP contribution < -0.4 is 14.2 Å². The molecule has 1 aromatic rings. The lowest BCUT2D eigenvalue weighted by Gasteiger charge is -2.32. The number of nitrogens with zero attached hydrogens (tertiary/aromatic N) is 1.